The van der Waals surface area contributed by atoms with Gasteiger partial charge < -0.3 is 10.5 Å². The van der Waals surface area contributed by atoms with E-state index in [0.29, 0.717) is 21.7 Å². The molecule has 0 amide bonds. The highest BCUT2D eigenvalue weighted by Gasteiger charge is 2.09. The standard InChI is InChI=1S/C16H18Cl2N2O/c1-3-13(19)7-11-6-10(2)16(20-9-11)21-15-8-12(17)4-5-14(15)18/h4-6,8-9,13H,3,7,19H2,1-2H3. The van der Waals surface area contributed by atoms with Gasteiger partial charge in [-0.3, -0.25) is 0 Å². The zero-order chi connectivity index (χ0) is 15.4. The second-order valence-electron chi connectivity index (χ2n) is 5.01. The van der Waals surface area contributed by atoms with Gasteiger partial charge in [0.1, 0.15) is 5.75 Å². The van der Waals surface area contributed by atoms with E-state index in [9.17, 15) is 0 Å². The smallest absolute Gasteiger partial charge is 0.222 e. The maximum Gasteiger partial charge on any atom is 0.222 e. The number of nitrogens with zero attached hydrogens (tertiary/aromatic N) is 1. The second kappa shape index (κ2) is 7.12. The summed E-state index contributed by atoms with van der Waals surface area (Å²) < 4.78 is 5.75. The van der Waals surface area contributed by atoms with Gasteiger partial charge in [-0.15, -0.1) is 0 Å². The Labute approximate surface area is 135 Å². The average Bonchev–Trinajstić information content (AvgIpc) is 2.45. The Hall–Kier alpha value is -1.29. The summed E-state index contributed by atoms with van der Waals surface area (Å²) in [5.74, 6) is 1.02. The molecule has 1 aromatic heterocycles. The summed E-state index contributed by atoms with van der Waals surface area (Å²) in [7, 11) is 0. The van der Waals surface area contributed by atoms with E-state index in [4.69, 9.17) is 33.7 Å². The Kier molecular flexibility index (Phi) is 5.45. The van der Waals surface area contributed by atoms with Crippen molar-refractivity contribution in [3.05, 3.63) is 51.6 Å². The van der Waals surface area contributed by atoms with E-state index >= 15 is 0 Å². The topological polar surface area (TPSA) is 48.1 Å². The Morgan fingerprint density at radius 2 is 2.05 bits per heavy atom. The minimum atomic E-state index is 0.153. The van der Waals surface area contributed by atoms with E-state index in [1.807, 2.05) is 13.0 Å². The van der Waals surface area contributed by atoms with Crippen LogP contribution in [0.1, 0.15) is 24.5 Å². The summed E-state index contributed by atoms with van der Waals surface area (Å²) in [4.78, 5) is 4.35. The van der Waals surface area contributed by atoms with Gasteiger partial charge in [-0.05, 0) is 43.5 Å². The van der Waals surface area contributed by atoms with Crippen molar-refractivity contribution < 1.29 is 4.74 Å². The molecule has 2 aromatic rings. The first-order valence-electron chi connectivity index (χ1n) is 6.83. The van der Waals surface area contributed by atoms with Crippen LogP contribution in [0.2, 0.25) is 10.0 Å². The van der Waals surface area contributed by atoms with Crippen molar-refractivity contribution in [1.29, 1.82) is 0 Å². The lowest BCUT2D eigenvalue weighted by atomic mass is 10.1. The maximum absolute atomic E-state index is 6.09. The molecule has 2 rings (SSSR count). The first-order chi connectivity index (χ1) is 9.99. The van der Waals surface area contributed by atoms with Crippen molar-refractivity contribution in [3.8, 4) is 11.6 Å². The molecule has 0 fully saturated rings. The molecule has 0 aliphatic carbocycles. The molecule has 1 aromatic carbocycles. The van der Waals surface area contributed by atoms with Gasteiger partial charge in [0.15, 0.2) is 0 Å². The molecule has 3 nitrogen and oxygen atoms in total. The summed E-state index contributed by atoms with van der Waals surface area (Å²) >= 11 is 12.0. The molecule has 112 valence electrons. The molecular formula is C16H18Cl2N2O. The molecule has 0 aliphatic rings. The molecule has 1 unspecified atom stereocenters. The molecule has 0 spiro atoms. The number of rotatable bonds is 5. The van der Waals surface area contributed by atoms with Crippen molar-refractivity contribution in [1.82, 2.24) is 4.98 Å². The Bertz CT molecular complexity index is 632. The van der Waals surface area contributed by atoms with E-state index in [1.54, 1.807) is 24.4 Å². The molecule has 0 aliphatic heterocycles. The van der Waals surface area contributed by atoms with Crippen LogP contribution in [0.25, 0.3) is 0 Å². The molecule has 21 heavy (non-hydrogen) atoms. The fourth-order valence-corrected chi connectivity index (χ4v) is 2.26. The minimum Gasteiger partial charge on any atom is -0.437 e. The number of nitrogens with two attached hydrogens (primary N) is 1. The van der Waals surface area contributed by atoms with Gasteiger partial charge in [-0.25, -0.2) is 4.98 Å². The second-order valence-corrected chi connectivity index (χ2v) is 5.86. The van der Waals surface area contributed by atoms with E-state index in [0.717, 1.165) is 24.0 Å². The van der Waals surface area contributed by atoms with Gasteiger partial charge in [-0.1, -0.05) is 30.1 Å². The fourth-order valence-electron chi connectivity index (χ4n) is 1.95. The minimum absolute atomic E-state index is 0.153. The van der Waals surface area contributed by atoms with Gasteiger partial charge >= 0.3 is 0 Å². The van der Waals surface area contributed by atoms with E-state index in [2.05, 4.69) is 11.9 Å². The Balaban J connectivity index is 2.19. The number of hydrogen-bond donors (Lipinski definition) is 1. The quantitative estimate of drug-likeness (QED) is 0.861. The SMILES string of the molecule is CCC(N)Cc1cnc(Oc2cc(Cl)ccc2Cl)c(C)c1. The number of halogens is 2. The summed E-state index contributed by atoms with van der Waals surface area (Å²) in [5, 5.41) is 1.07. The highest BCUT2D eigenvalue weighted by Crippen LogP contribution is 2.32. The molecule has 0 saturated heterocycles. The highest BCUT2D eigenvalue weighted by atomic mass is 35.5. The highest BCUT2D eigenvalue weighted by molar-refractivity contribution is 6.34. The summed E-state index contributed by atoms with van der Waals surface area (Å²) in [5.41, 5.74) is 8.00. The summed E-state index contributed by atoms with van der Waals surface area (Å²) in [6, 6.07) is 7.28. The van der Waals surface area contributed by atoms with E-state index < -0.39 is 0 Å². The van der Waals surface area contributed by atoms with Crippen LogP contribution in [-0.2, 0) is 6.42 Å². The van der Waals surface area contributed by atoms with Crippen LogP contribution in [-0.4, -0.2) is 11.0 Å². The number of benzene rings is 1. The first kappa shape index (κ1) is 16.1. The molecule has 0 saturated carbocycles. The third-order valence-electron chi connectivity index (χ3n) is 3.21. The van der Waals surface area contributed by atoms with Gasteiger partial charge in [0.25, 0.3) is 0 Å². The third kappa shape index (κ3) is 4.34. The number of pyridine rings is 1. The lowest BCUT2D eigenvalue weighted by Crippen LogP contribution is -2.21. The van der Waals surface area contributed by atoms with Gasteiger partial charge in [0, 0.05) is 28.9 Å². The van der Waals surface area contributed by atoms with E-state index in [1.165, 1.54) is 0 Å². The van der Waals surface area contributed by atoms with Crippen molar-refractivity contribution >= 4 is 23.2 Å². The average molecular weight is 325 g/mol. The van der Waals surface area contributed by atoms with Crippen molar-refractivity contribution in [2.75, 3.05) is 0 Å². The van der Waals surface area contributed by atoms with Crippen LogP contribution < -0.4 is 10.5 Å². The number of ether oxygens (including phenoxy) is 1. The van der Waals surface area contributed by atoms with Crippen LogP contribution in [0.15, 0.2) is 30.5 Å². The number of hydrogen-bond acceptors (Lipinski definition) is 3. The largest absolute Gasteiger partial charge is 0.437 e. The Morgan fingerprint density at radius 1 is 1.29 bits per heavy atom. The fraction of sp³-hybridized carbons (Fsp3) is 0.312. The van der Waals surface area contributed by atoms with Crippen molar-refractivity contribution in [3.63, 3.8) is 0 Å². The normalized spacial score (nSPS) is 12.2. The van der Waals surface area contributed by atoms with Crippen molar-refractivity contribution in [2.24, 2.45) is 5.73 Å². The molecule has 0 bridgehead atoms. The molecule has 2 N–H and O–H groups in total. The van der Waals surface area contributed by atoms with Crippen LogP contribution in [0, 0.1) is 6.92 Å². The maximum atomic E-state index is 6.09. The lowest BCUT2D eigenvalue weighted by molar-refractivity contribution is 0.458. The van der Waals surface area contributed by atoms with Crippen LogP contribution in [0.5, 0.6) is 11.6 Å². The van der Waals surface area contributed by atoms with Crippen LogP contribution >= 0.6 is 23.2 Å². The molecular weight excluding hydrogens is 307 g/mol. The summed E-state index contributed by atoms with van der Waals surface area (Å²) in [6.07, 6.45) is 3.54. The Morgan fingerprint density at radius 3 is 2.71 bits per heavy atom. The monoisotopic (exact) mass is 324 g/mol. The van der Waals surface area contributed by atoms with Crippen LogP contribution in [0.4, 0.5) is 0 Å². The molecule has 1 atom stereocenters. The van der Waals surface area contributed by atoms with Crippen molar-refractivity contribution in [2.45, 2.75) is 32.7 Å². The zero-order valence-corrected chi connectivity index (χ0v) is 13.6. The van der Waals surface area contributed by atoms with Gasteiger partial charge in [-0.2, -0.15) is 0 Å². The zero-order valence-electron chi connectivity index (χ0n) is 12.1. The predicted octanol–water partition coefficient (Wildman–Crippen LogP) is 4.77. The van der Waals surface area contributed by atoms with Gasteiger partial charge in [0.05, 0.1) is 5.02 Å². The van der Waals surface area contributed by atoms with Gasteiger partial charge in [0.2, 0.25) is 5.88 Å². The lowest BCUT2D eigenvalue weighted by Gasteiger charge is -2.12. The molecule has 1 heterocycles. The number of aromatic nitrogens is 1. The number of aryl methyl sites for hydroxylation is 1. The summed E-state index contributed by atoms with van der Waals surface area (Å²) in [6.45, 7) is 4.02. The third-order valence-corrected chi connectivity index (χ3v) is 3.76. The van der Waals surface area contributed by atoms with E-state index in [-0.39, 0.29) is 6.04 Å². The molecule has 5 heteroatoms. The first-order valence-corrected chi connectivity index (χ1v) is 7.59. The molecule has 0 radical (unpaired) electrons. The predicted molar refractivity (Wildman–Crippen MR) is 87.5 cm³/mol. The van der Waals surface area contributed by atoms with Crippen LogP contribution in [0.3, 0.4) is 0 Å².